The molecule has 38 heavy (non-hydrogen) atoms. The number of fused-ring (bicyclic) bond motifs is 3. The maximum atomic E-state index is 13.6. The smallest absolute Gasteiger partial charge is 0.202 e. The fraction of sp³-hybridized carbons (Fsp3) is 0.444. The van der Waals surface area contributed by atoms with Crippen molar-refractivity contribution in [3.8, 4) is 17.2 Å². The van der Waals surface area contributed by atoms with E-state index in [4.69, 9.17) is 19.9 Å². The largest absolute Gasteiger partial charge is 0.507 e. The van der Waals surface area contributed by atoms with Gasteiger partial charge in [0.1, 0.15) is 22.8 Å². The van der Waals surface area contributed by atoms with Gasteiger partial charge in [-0.15, -0.1) is 0 Å². The number of aliphatic hydroxyl groups excluding tert-OH is 1. The van der Waals surface area contributed by atoms with Crippen LogP contribution in [0.5, 0.6) is 17.2 Å². The molecule has 0 saturated carbocycles. The summed E-state index contributed by atoms with van der Waals surface area (Å²) in [6.45, 7) is 2.79. The van der Waals surface area contributed by atoms with Crippen LogP contribution in [0.15, 0.2) is 18.2 Å². The van der Waals surface area contributed by atoms with Crippen molar-refractivity contribution in [2.24, 2.45) is 5.73 Å². The summed E-state index contributed by atoms with van der Waals surface area (Å²) in [5, 5.41) is 44.1. The topological polar surface area (TPSA) is 186 Å². The van der Waals surface area contributed by atoms with Crippen molar-refractivity contribution in [3.05, 3.63) is 51.6 Å². The zero-order valence-corrected chi connectivity index (χ0v) is 21.1. The summed E-state index contributed by atoms with van der Waals surface area (Å²) >= 11 is 0. The van der Waals surface area contributed by atoms with Gasteiger partial charge in [-0.2, -0.15) is 0 Å². The molecule has 0 bridgehead atoms. The number of benzene rings is 2. The van der Waals surface area contributed by atoms with Crippen molar-refractivity contribution in [3.63, 3.8) is 0 Å². The molecule has 1 heterocycles. The van der Waals surface area contributed by atoms with Gasteiger partial charge in [-0.1, -0.05) is 12.1 Å². The Morgan fingerprint density at radius 3 is 2.45 bits per heavy atom. The summed E-state index contributed by atoms with van der Waals surface area (Å²) in [7, 11) is 1.34. The highest BCUT2D eigenvalue weighted by Crippen LogP contribution is 2.52. The number of phenolic OH excluding ortho intramolecular Hbond substituents is 2. The Hall–Kier alpha value is -3.35. The Morgan fingerprint density at radius 2 is 1.82 bits per heavy atom. The van der Waals surface area contributed by atoms with E-state index in [1.165, 1.54) is 32.2 Å². The summed E-state index contributed by atoms with van der Waals surface area (Å²) in [6.07, 6.45) is -4.53. The SMILES string of the molecule is COc1cccc2c1C(=O)c1c(O)c3c(c(O)c1C2=O)C[C@@](O)(C(C)=O)C[C@@H]3O[C@H]1C[C@@H](N)[C@H](O)[C@@H](C)O1. The predicted molar refractivity (Wildman–Crippen MR) is 130 cm³/mol. The monoisotopic (exact) mass is 527 g/mol. The molecule has 0 aromatic heterocycles. The van der Waals surface area contributed by atoms with Crippen LogP contribution in [0.1, 0.15) is 75.8 Å². The van der Waals surface area contributed by atoms with Crippen LogP contribution < -0.4 is 10.5 Å². The Kier molecular flexibility index (Phi) is 6.32. The van der Waals surface area contributed by atoms with Gasteiger partial charge in [0.2, 0.25) is 5.78 Å². The fourth-order valence-electron chi connectivity index (χ4n) is 5.66. The normalized spacial score (nSPS) is 30.3. The van der Waals surface area contributed by atoms with Crippen LogP contribution in [-0.2, 0) is 20.7 Å². The molecule has 0 unspecified atom stereocenters. The predicted octanol–water partition coefficient (Wildman–Crippen LogP) is 1.03. The quantitative estimate of drug-likeness (QED) is 0.305. The summed E-state index contributed by atoms with van der Waals surface area (Å²) in [6, 6.07) is 3.75. The number of aliphatic hydroxyl groups is 2. The van der Waals surface area contributed by atoms with Gasteiger partial charge in [-0.25, -0.2) is 0 Å². The van der Waals surface area contributed by atoms with Gasteiger partial charge in [-0.3, -0.25) is 14.4 Å². The molecule has 2 aliphatic carbocycles. The molecular formula is C27H29NO10. The van der Waals surface area contributed by atoms with Gasteiger partial charge >= 0.3 is 0 Å². The van der Waals surface area contributed by atoms with Gasteiger partial charge in [0, 0.05) is 42.0 Å². The molecule has 6 atom stereocenters. The maximum absolute atomic E-state index is 13.6. The summed E-state index contributed by atoms with van der Waals surface area (Å²) in [4.78, 5) is 39.6. The van der Waals surface area contributed by atoms with E-state index in [9.17, 15) is 34.8 Å². The third kappa shape index (κ3) is 3.81. The molecule has 11 nitrogen and oxygen atoms in total. The second-order valence-electron chi connectivity index (χ2n) is 10.1. The minimum Gasteiger partial charge on any atom is -0.507 e. The molecule has 1 saturated heterocycles. The number of phenols is 2. The number of carbonyl (C=O) groups is 3. The third-order valence-electron chi connectivity index (χ3n) is 7.80. The van der Waals surface area contributed by atoms with Crippen LogP contribution in [0, 0.1) is 0 Å². The number of hydrogen-bond acceptors (Lipinski definition) is 11. The van der Waals surface area contributed by atoms with Crippen molar-refractivity contribution < 1.29 is 49.0 Å². The highest BCUT2D eigenvalue weighted by molar-refractivity contribution is 6.31. The highest BCUT2D eigenvalue weighted by Gasteiger charge is 2.49. The first-order valence-corrected chi connectivity index (χ1v) is 12.2. The zero-order chi connectivity index (χ0) is 27.7. The molecule has 1 fully saturated rings. The van der Waals surface area contributed by atoms with Crippen molar-refractivity contribution in [2.45, 2.75) is 69.4 Å². The molecule has 0 spiro atoms. The van der Waals surface area contributed by atoms with Crippen molar-refractivity contribution in [1.29, 1.82) is 0 Å². The minimum absolute atomic E-state index is 0.0147. The number of rotatable bonds is 4. The average molecular weight is 528 g/mol. The lowest BCUT2D eigenvalue weighted by Gasteiger charge is -2.42. The van der Waals surface area contributed by atoms with E-state index in [0.29, 0.717) is 0 Å². The molecule has 2 aromatic rings. The van der Waals surface area contributed by atoms with Gasteiger partial charge in [-0.05, 0) is 19.9 Å². The summed E-state index contributed by atoms with van der Waals surface area (Å²) < 4.78 is 17.1. The second kappa shape index (κ2) is 9.14. The van der Waals surface area contributed by atoms with E-state index in [1.807, 2.05) is 0 Å². The first-order chi connectivity index (χ1) is 17.9. The molecule has 11 heteroatoms. The van der Waals surface area contributed by atoms with Gasteiger partial charge in [0.15, 0.2) is 17.9 Å². The second-order valence-corrected chi connectivity index (χ2v) is 10.1. The van der Waals surface area contributed by atoms with Crippen LogP contribution >= 0.6 is 0 Å². The number of Topliss-reactive ketones (excluding diaryl/α,β-unsaturated/α-hetero) is 1. The van der Waals surface area contributed by atoms with E-state index in [2.05, 4.69) is 0 Å². The minimum atomic E-state index is -2.00. The fourth-order valence-corrected chi connectivity index (χ4v) is 5.66. The molecule has 0 amide bonds. The first-order valence-electron chi connectivity index (χ1n) is 12.2. The Morgan fingerprint density at radius 1 is 1.13 bits per heavy atom. The number of nitrogens with two attached hydrogens (primary N) is 1. The van der Waals surface area contributed by atoms with Gasteiger partial charge in [0.25, 0.3) is 0 Å². The molecule has 5 rings (SSSR count). The number of ether oxygens (including phenoxy) is 3. The van der Waals surface area contributed by atoms with Gasteiger partial charge < -0.3 is 40.4 Å². The molecule has 2 aromatic carbocycles. The summed E-state index contributed by atoms with van der Waals surface area (Å²) in [5.74, 6) is -3.18. The molecule has 6 N–H and O–H groups in total. The van der Waals surface area contributed by atoms with Crippen LogP contribution in [0.4, 0.5) is 0 Å². The van der Waals surface area contributed by atoms with Crippen molar-refractivity contribution >= 4 is 17.3 Å². The van der Waals surface area contributed by atoms with E-state index < -0.39 is 82.6 Å². The van der Waals surface area contributed by atoms with Crippen molar-refractivity contribution in [1.82, 2.24) is 0 Å². The standard InChI is InChI=1S/C27H29NO10/c1-10-22(30)14(28)7-17(37-10)38-16-9-27(35,11(2)29)8-13-19(16)26(34)21-20(24(13)32)23(31)12-5-4-6-15(36-3)18(12)25(21)33/h4-6,10,14,16-17,22,30,32,34-35H,7-9,28H2,1-3H3/t10-,14-,16+,17+,22-,27+/m1/s1. The van der Waals surface area contributed by atoms with Gasteiger partial charge in [0.05, 0.1) is 42.1 Å². The van der Waals surface area contributed by atoms with Crippen LogP contribution in [-0.4, -0.2) is 75.0 Å². The van der Waals surface area contributed by atoms with E-state index >= 15 is 0 Å². The lowest BCUT2D eigenvalue weighted by molar-refractivity contribution is -0.247. The molecule has 3 aliphatic rings. The Bertz CT molecular complexity index is 1360. The highest BCUT2D eigenvalue weighted by atomic mass is 16.7. The molecular weight excluding hydrogens is 498 g/mol. The van der Waals surface area contributed by atoms with E-state index in [0.717, 1.165) is 0 Å². The first kappa shape index (κ1) is 26.3. The maximum Gasteiger partial charge on any atom is 0.202 e. The Balaban J connectivity index is 1.68. The van der Waals surface area contributed by atoms with Crippen molar-refractivity contribution in [2.75, 3.05) is 7.11 Å². The number of hydrogen-bond donors (Lipinski definition) is 5. The number of aromatic hydroxyl groups is 2. The van der Waals surface area contributed by atoms with Crippen LogP contribution in [0.3, 0.4) is 0 Å². The van der Waals surface area contributed by atoms with Crippen LogP contribution in [0.2, 0.25) is 0 Å². The molecule has 202 valence electrons. The summed E-state index contributed by atoms with van der Waals surface area (Å²) in [5.41, 5.74) is 2.97. The van der Waals surface area contributed by atoms with E-state index in [-0.39, 0.29) is 40.8 Å². The zero-order valence-electron chi connectivity index (χ0n) is 21.1. The number of carbonyl (C=O) groups excluding carboxylic acids is 3. The molecule has 0 radical (unpaired) electrons. The average Bonchev–Trinajstić information content (AvgIpc) is 2.87. The van der Waals surface area contributed by atoms with Crippen LogP contribution in [0.25, 0.3) is 0 Å². The lowest BCUT2D eigenvalue weighted by atomic mass is 9.72. The molecule has 1 aliphatic heterocycles. The number of methoxy groups -OCH3 is 1. The lowest BCUT2D eigenvalue weighted by Crippen LogP contribution is -2.52. The van der Waals surface area contributed by atoms with E-state index in [1.54, 1.807) is 6.92 Å². The Labute approximate surface area is 217 Å². The number of ketones is 3. The third-order valence-corrected chi connectivity index (χ3v) is 7.80.